The predicted octanol–water partition coefficient (Wildman–Crippen LogP) is 1.00. The zero-order valence-electron chi connectivity index (χ0n) is 11.6. The van der Waals surface area contributed by atoms with E-state index in [0.717, 1.165) is 24.4 Å². The first kappa shape index (κ1) is 14.1. The maximum absolute atomic E-state index is 12.1. The molecule has 1 saturated carbocycles. The summed E-state index contributed by atoms with van der Waals surface area (Å²) in [6.07, 6.45) is 2.27. The van der Waals surface area contributed by atoms with E-state index in [0.29, 0.717) is 25.7 Å². The maximum atomic E-state index is 12.1. The van der Waals surface area contributed by atoms with Crippen molar-refractivity contribution in [3.05, 3.63) is 23.7 Å². The van der Waals surface area contributed by atoms with Crippen LogP contribution in [0.5, 0.6) is 0 Å². The van der Waals surface area contributed by atoms with E-state index in [1.807, 2.05) is 19.1 Å². The van der Waals surface area contributed by atoms with E-state index >= 15 is 0 Å². The summed E-state index contributed by atoms with van der Waals surface area (Å²) in [6, 6.07) is 4.27. The molecule has 0 aromatic carbocycles. The molecule has 0 saturated heterocycles. The molecular weight excluding hydrogens is 244 g/mol. The molecule has 1 aliphatic carbocycles. The Morgan fingerprint density at radius 3 is 2.74 bits per heavy atom. The third-order valence-electron chi connectivity index (χ3n) is 3.40. The second-order valence-corrected chi connectivity index (χ2v) is 5.19. The van der Waals surface area contributed by atoms with Gasteiger partial charge in [0, 0.05) is 19.6 Å². The van der Waals surface area contributed by atoms with Gasteiger partial charge < -0.3 is 14.4 Å². The Morgan fingerprint density at radius 1 is 1.47 bits per heavy atom. The minimum absolute atomic E-state index is 0.0643. The van der Waals surface area contributed by atoms with Crippen molar-refractivity contribution in [1.29, 1.82) is 0 Å². The van der Waals surface area contributed by atoms with E-state index in [9.17, 15) is 4.79 Å². The quantitative estimate of drug-likeness (QED) is 0.800. The van der Waals surface area contributed by atoms with Crippen molar-refractivity contribution >= 4 is 5.91 Å². The predicted molar refractivity (Wildman–Crippen MR) is 71.6 cm³/mol. The van der Waals surface area contributed by atoms with E-state index in [4.69, 9.17) is 9.52 Å². The molecule has 1 fully saturated rings. The molecule has 1 amide bonds. The molecular formula is C14H22N2O3. The van der Waals surface area contributed by atoms with E-state index in [1.54, 1.807) is 11.9 Å². The lowest BCUT2D eigenvalue weighted by Crippen LogP contribution is -2.40. The van der Waals surface area contributed by atoms with Crippen LogP contribution in [0.1, 0.15) is 24.4 Å². The molecule has 1 aromatic heterocycles. The number of hydrogen-bond donors (Lipinski definition) is 1. The molecule has 0 bridgehead atoms. The highest BCUT2D eigenvalue weighted by atomic mass is 16.3. The Morgan fingerprint density at radius 2 is 2.21 bits per heavy atom. The summed E-state index contributed by atoms with van der Waals surface area (Å²) in [5.74, 6) is 1.72. The van der Waals surface area contributed by atoms with Gasteiger partial charge in [0.1, 0.15) is 11.5 Å². The van der Waals surface area contributed by atoms with Crippen LogP contribution in [0.3, 0.4) is 0 Å². The third-order valence-corrected chi connectivity index (χ3v) is 3.40. The smallest absolute Gasteiger partial charge is 0.236 e. The summed E-state index contributed by atoms with van der Waals surface area (Å²) < 4.78 is 5.47. The molecule has 19 heavy (non-hydrogen) atoms. The first-order valence-corrected chi connectivity index (χ1v) is 6.74. The Kier molecular flexibility index (Phi) is 4.61. The van der Waals surface area contributed by atoms with Gasteiger partial charge in [0.25, 0.3) is 0 Å². The highest BCUT2D eigenvalue weighted by Gasteiger charge is 2.30. The average molecular weight is 266 g/mol. The summed E-state index contributed by atoms with van der Waals surface area (Å²) in [5, 5.41) is 9.02. The monoisotopic (exact) mass is 266 g/mol. The van der Waals surface area contributed by atoms with Gasteiger partial charge in [-0.05, 0) is 31.9 Å². The number of aliphatic hydroxyl groups excluding tert-OH is 1. The lowest BCUT2D eigenvalue weighted by molar-refractivity contribution is -0.132. The number of likely N-dealkylation sites (N-methyl/N-ethyl adjacent to an activating group) is 1. The third kappa shape index (κ3) is 4.08. The molecule has 1 heterocycles. The highest BCUT2D eigenvalue weighted by Crippen LogP contribution is 2.26. The molecule has 0 spiro atoms. The van der Waals surface area contributed by atoms with Crippen LogP contribution in [0.25, 0.3) is 0 Å². The number of aliphatic hydroxyl groups is 1. The Bertz CT molecular complexity index is 426. The van der Waals surface area contributed by atoms with Gasteiger partial charge in [0.05, 0.1) is 19.7 Å². The first-order chi connectivity index (χ1) is 9.10. The average Bonchev–Trinajstić information content (AvgIpc) is 3.13. The van der Waals surface area contributed by atoms with Gasteiger partial charge in [0.15, 0.2) is 0 Å². The lowest BCUT2D eigenvalue weighted by atomic mass is 10.3. The topological polar surface area (TPSA) is 56.9 Å². The molecule has 0 radical (unpaired) electrons. The number of rotatable bonds is 7. The fourth-order valence-corrected chi connectivity index (χ4v) is 2.15. The molecule has 1 aromatic rings. The van der Waals surface area contributed by atoms with Gasteiger partial charge in [-0.15, -0.1) is 0 Å². The molecule has 0 atom stereocenters. The fraction of sp³-hybridized carbons (Fsp3) is 0.643. The number of carbonyl (C=O) groups excluding carboxylic acids is 1. The van der Waals surface area contributed by atoms with Crippen molar-refractivity contribution in [1.82, 2.24) is 9.80 Å². The number of aryl methyl sites for hydroxylation is 1. The van der Waals surface area contributed by atoms with Gasteiger partial charge in [-0.3, -0.25) is 9.69 Å². The van der Waals surface area contributed by atoms with Gasteiger partial charge >= 0.3 is 0 Å². The zero-order valence-corrected chi connectivity index (χ0v) is 11.6. The van der Waals surface area contributed by atoms with Gasteiger partial charge in [-0.2, -0.15) is 0 Å². The first-order valence-electron chi connectivity index (χ1n) is 6.74. The minimum atomic E-state index is 0.0643. The van der Waals surface area contributed by atoms with Crippen molar-refractivity contribution in [2.75, 3.05) is 26.7 Å². The molecule has 1 aliphatic rings. The van der Waals surface area contributed by atoms with Crippen LogP contribution in [0.2, 0.25) is 0 Å². The van der Waals surface area contributed by atoms with E-state index in [1.165, 1.54) is 0 Å². The van der Waals surface area contributed by atoms with Crippen molar-refractivity contribution in [2.45, 2.75) is 32.4 Å². The minimum Gasteiger partial charge on any atom is -0.464 e. The van der Waals surface area contributed by atoms with Crippen LogP contribution in [0.4, 0.5) is 0 Å². The van der Waals surface area contributed by atoms with Gasteiger partial charge in [-0.25, -0.2) is 0 Å². The number of furan rings is 1. The van der Waals surface area contributed by atoms with Crippen LogP contribution in [0, 0.1) is 6.92 Å². The van der Waals surface area contributed by atoms with E-state index in [-0.39, 0.29) is 12.5 Å². The van der Waals surface area contributed by atoms with Crippen LogP contribution < -0.4 is 0 Å². The highest BCUT2D eigenvalue weighted by molar-refractivity contribution is 5.78. The molecule has 5 heteroatoms. The van der Waals surface area contributed by atoms with Crippen LogP contribution in [0.15, 0.2) is 16.5 Å². The van der Waals surface area contributed by atoms with Crippen molar-refractivity contribution in [3.63, 3.8) is 0 Å². The summed E-state index contributed by atoms with van der Waals surface area (Å²) in [4.78, 5) is 15.9. The van der Waals surface area contributed by atoms with Crippen molar-refractivity contribution < 1.29 is 14.3 Å². The molecule has 2 rings (SSSR count). The Balaban J connectivity index is 1.84. The second-order valence-electron chi connectivity index (χ2n) is 5.19. The van der Waals surface area contributed by atoms with Crippen molar-refractivity contribution in [3.8, 4) is 0 Å². The standard InChI is InChI=1S/C14H22N2O3/c1-11-3-6-13(19-11)9-15(2)14(18)10-16(7-8-17)12-4-5-12/h3,6,12,17H,4-5,7-10H2,1-2H3. The second kappa shape index (κ2) is 6.21. The summed E-state index contributed by atoms with van der Waals surface area (Å²) in [5.41, 5.74) is 0. The zero-order chi connectivity index (χ0) is 13.8. The summed E-state index contributed by atoms with van der Waals surface area (Å²) in [7, 11) is 1.78. The fourth-order valence-electron chi connectivity index (χ4n) is 2.15. The normalized spacial score (nSPS) is 14.9. The molecule has 1 N–H and O–H groups in total. The SMILES string of the molecule is Cc1ccc(CN(C)C(=O)CN(CCO)C2CC2)o1. The largest absolute Gasteiger partial charge is 0.464 e. The molecule has 106 valence electrons. The molecule has 0 unspecified atom stereocenters. The molecule has 0 aliphatic heterocycles. The number of hydrogen-bond acceptors (Lipinski definition) is 4. The van der Waals surface area contributed by atoms with Crippen molar-refractivity contribution in [2.24, 2.45) is 0 Å². The Hall–Kier alpha value is -1.33. The van der Waals surface area contributed by atoms with Crippen LogP contribution >= 0.6 is 0 Å². The number of carbonyl (C=O) groups is 1. The van der Waals surface area contributed by atoms with Crippen LogP contribution in [-0.4, -0.2) is 53.6 Å². The summed E-state index contributed by atoms with van der Waals surface area (Å²) >= 11 is 0. The van der Waals surface area contributed by atoms with E-state index in [2.05, 4.69) is 4.90 Å². The Labute approximate surface area is 113 Å². The maximum Gasteiger partial charge on any atom is 0.236 e. The van der Waals surface area contributed by atoms with E-state index < -0.39 is 0 Å². The van der Waals surface area contributed by atoms with Gasteiger partial charge in [-0.1, -0.05) is 0 Å². The number of amides is 1. The lowest BCUT2D eigenvalue weighted by Gasteiger charge is -2.23. The van der Waals surface area contributed by atoms with Gasteiger partial charge in [0.2, 0.25) is 5.91 Å². The molecule has 5 nitrogen and oxygen atoms in total. The summed E-state index contributed by atoms with van der Waals surface area (Å²) in [6.45, 7) is 3.43. The van der Waals surface area contributed by atoms with Crippen LogP contribution in [-0.2, 0) is 11.3 Å². The number of nitrogens with zero attached hydrogens (tertiary/aromatic N) is 2.